The van der Waals surface area contributed by atoms with E-state index in [1.54, 1.807) is 0 Å². The molecule has 5 nitrogen and oxygen atoms in total. The fourth-order valence-electron chi connectivity index (χ4n) is 1.57. The second-order valence-corrected chi connectivity index (χ2v) is 4.09. The summed E-state index contributed by atoms with van der Waals surface area (Å²) >= 11 is 0. The van der Waals surface area contributed by atoms with Crippen LogP contribution in [0.15, 0.2) is 24.3 Å². The maximum absolute atomic E-state index is 13.2. The first-order chi connectivity index (χ1) is 9.43. The summed E-state index contributed by atoms with van der Waals surface area (Å²) in [5, 5.41) is 17.6. The number of benzene rings is 1. The summed E-state index contributed by atoms with van der Waals surface area (Å²) in [6.07, 6.45) is 1.85. The number of hydrogen-bond donors (Lipinski definition) is 2. The lowest BCUT2D eigenvalue weighted by Gasteiger charge is -2.16. The first kappa shape index (κ1) is 15.7. The van der Waals surface area contributed by atoms with Crippen molar-refractivity contribution in [3.63, 3.8) is 0 Å². The van der Waals surface area contributed by atoms with Crippen molar-refractivity contribution in [2.45, 2.75) is 25.9 Å². The number of aliphatic carboxylic acids is 2. The topological polar surface area (TPSA) is 83.8 Å². The normalized spacial score (nSPS) is 12.3. The van der Waals surface area contributed by atoms with Crippen molar-refractivity contribution in [1.29, 1.82) is 0 Å². The smallest absolute Gasteiger partial charge is 0.344 e. The van der Waals surface area contributed by atoms with Gasteiger partial charge in [0.05, 0.1) is 0 Å². The fraction of sp³-hybridized carbons (Fsp3) is 0.286. The fourth-order valence-corrected chi connectivity index (χ4v) is 1.57. The highest BCUT2D eigenvalue weighted by molar-refractivity contribution is 5.86. The highest BCUT2D eigenvalue weighted by atomic mass is 19.1. The zero-order valence-electron chi connectivity index (χ0n) is 10.9. The number of hydrogen-bond acceptors (Lipinski definition) is 3. The van der Waals surface area contributed by atoms with E-state index in [-0.39, 0.29) is 11.3 Å². The maximum atomic E-state index is 13.2. The SMILES string of the molecule is CCCC(Oc1ccc(F)cc1/C=C/C(=O)O)C(=O)O. The van der Waals surface area contributed by atoms with Crippen LogP contribution >= 0.6 is 0 Å². The molecule has 108 valence electrons. The van der Waals surface area contributed by atoms with Crippen molar-refractivity contribution in [2.75, 3.05) is 0 Å². The van der Waals surface area contributed by atoms with E-state index in [0.29, 0.717) is 12.8 Å². The third-order valence-electron chi connectivity index (χ3n) is 2.47. The van der Waals surface area contributed by atoms with Gasteiger partial charge in [0.1, 0.15) is 11.6 Å². The molecular weight excluding hydrogens is 267 g/mol. The second-order valence-electron chi connectivity index (χ2n) is 4.09. The summed E-state index contributed by atoms with van der Waals surface area (Å²) < 4.78 is 18.5. The van der Waals surface area contributed by atoms with E-state index in [1.165, 1.54) is 6.07 Å². The Bertz CT molecular complexity index is 524. The molecule has 0 amide bonds. The van der Waals surface area contributed by atoms with Gasteiger partial charge in [-0.25, -0.2) is 14.0 Å². The quantitative estimate of drug-likeness (QED) is 0.751. The van der Waals surface area contributed by atoms with Gasteiger partial charge in [0.15, 0.2) is 6.10 Å². The molecule has 0 saturated carbocycles. The number of carboxylic acid groups (broad SMARTS) is 2. The lowest BCUT2D eigenvalue weighted by atomic mass is 10.1. The van der Waals surface area contributed by atoms with Crippen molar-refractivity contribution >= 4 is 18.0 Å². The van der Waals surface area contributed by atoms with Crippen LogP contribution in [0.25, 0.3) is 6.08 Å². The summed E-state index contributed by atoms with van der Waals surface area (Å²) in [7, 11) is 0. The molecule has 1 atom stereocenters. The molecule has 0 aliphatic rings. The van der Waals surface area contributed by atoms with E-state index in [4.69, 9.17) is 14.9 Å². The molecule has 0 heterocycles. The number of ether oxygens (including phenoxy) is 1. The van der Waals surface area contributed by atoms with Crippen molar-refractivity contribution in [1.82, 2.24) is 0 Å². The summed E-state index contributed by atoms with van der Waals surface area (Å²) in [5.41, 5.74) is 0.176. The number of carbonyl (C=O) groups is 2. The van der Waals surface area contributed by atoms with Crippen LogP contribution in [-0.2, 0) is 9.59 Å². The Morgan fingerprint density at radius 1 is 1.40 bits per heavy atom. The van der Waals surface area contributed by atoms with Gasteiger partial charge in [0.25, 0.3) is 0 Å². The van der Waals surface area contributed by atoms with E-state index < -0.39 is 23.9 Å². The van der Waals surface area contributed by atoms with Crippen molar-refractivity contribution < 1.29 is 28.9 Å². The summed E-state index contributed by atoms with van der Waals surface area (Å²) in [6.45, 7) is 1.81. The van der Waals surface area contributed by atoms with Gasteiger partial charge >= 0.3 is 11.9 Å². The molecule has 2 N–H and O–H groups in total. The van der Waals surface area contributed by atoms with Crippen LogP contribution in [0, 0.1) is 5.82 Å². The molecular formula is C14H15FO5. The van der Waals surface area contributed by atoms with Crippen molar-refractivity contribution in [3.8, 4) is 5.75 Å². The minimum Gasteiger partial charge on any atom is -0.479 e. The molecule has 0 bridgehead atoms. The molecule has 0 aromatic heterocycles. The van der Waals surface area contributed by atoms with Crippen LogP contribution in [0.4, 0.5) is 4.39 Å². The van der Waals surface area contributed by atoms with E-state index in [1.807, 2.05) is 6.92 Å². The molecule has 0 aliphatic carbocycles. The predicted octanol–water partition coefficient (Wildman–Crippen LogP) is 2.56. The molecule has 6 heteroatoms. The summed E-state index contributed by atoms with van der Waals surface area (Å²) in [6, 6.07) is 3.49. The lowest BCUT2D eigenvalue weighted by molar-refractivity contribution is -0.145. The first-order valence-electron chi connectivity index (χ1n) is 6.04. The third kappa shape index (κ3) is 4.72. The molecule has 1 unspecified atom stereocenters. The molecule has 20 heavy (non-hydrogen) atoms. The molecule has 0 fully saturated rings. The minimum absolute atomic E-state index is 0.129. The Balaban J connectivity index is 3.04. The Labute approximate surface area is 115 Å². The molecule has 0 aliphatic heterocycles. The van der Waals surface area contributed by atoms with Crippen LogP contribution in [0.2, 0.25) is 0 Å². The van der Waals surface area contributed by atoms with Gasteiger partial charge in [0, 0.05) is 11.6 Å². The Morgan fingerprint density at radius 2 is 2.10 bits per heavy atom. The zero-order chi connectivity index (χ0) is 15.1. The van der Waals surface area contributed by atoms with Crippen LogP contribution in [0.5, 0.6) is 5.75 Å². The van der Waals surface area contributed by atoms with Gasteiger partial charge in [-0.05, 0) is 30.7 Å². The lowest BCUT2D eigenvalue weighted by Crippen LogP contribution is -2.27. The predicted molar refractivity (Wildman–Crippen MR) is 70.0 cm³/mol. The Kier molecular flexibility index (Phi) is 5.71. The molecule has 1 aromatic carbocycles. The highest BCUT2D eigenvalue weighted by Gasteiger charge is 2.19. The third-order valence-corrected chi connectivity index (χ3v) is 2.47. The highest BCUT2D eigenvalue weighted by Crippen LogP contribution is 2.23. The summed E-state index contributed by atoms with van der Waals surface area (Å²) in [4.78, 5) is 21.5. The first-order valence-corrected chi connectivity index (χ1v) is 6.04. The molecule has 0 spiro atoms. The van der Waals surface area contributed by atoms with E-state index in [2.05, 4.69) is 0 Å². The van der Waals surface area contributed by atoms with Gasteiger partial charge in [-0.1, -0.05) is 13.3 Å². The van der Waals surface area contributed by atoms with E-state index >= 15 is 0 Å². The average Bonchev–Trinajstić information content (AvgIpc) is 2.37. The Morgan fingerprint density at radius 3 is 2.65 bits per heavy atom. The monoisotopic (exact) mass is 282 g/mol. The maximum Gasteiger partial charge on any atom is 0.344 e. The van der Waals surface area contributed by atoms with Gasteiger partial charge in [-0.2, -0.15) is 0 Å². The van der Waals surface area contributed by atoms with E-state index in [0.717, 1.165) is 24.3 Å². The van der Waals surface area contributed by atoms with Crippen LogP contribution in [0.1, 0.15) is 25.3 Å². The number of carboxylic acids is 2. The average molecular weight is 282 g/mol. The molecule has 0 radical (unpaired) electrons. The second kappa shape index (κ2) is 7.28. The van der Waals surface area contributed by atoms with Gasteiger partial charge in [0.2, 0.25) is 0 Å². The number of halogens is 1. The van der Waals surface area contributed by atoms with Crippen molar-refractivity contribution in [3.05, 3.63) is 35.7 Å². The largest absolute Gasteiger partial charge is 0.479 e. The van der Waals surface area contributed by atoms with Crippen LogP contribution in [-0.4, -0.2) is 28.3 Å². The van der Waals surface area contributed by atoms with Crippen LogP contribution < -0.4 is 4.74 Å². The molecule has 1 aromatic rings. The minimum atomic E-state index is -1.19. The zero-order valence-corrected chi connectivity index (χ0v) is 10.9. The molecule has 0 saturated heterocycles. The summed E-state index contributed by atoms with van der Waals surface area (Å²) in [5.74, 6) is -2.75. The molecule has 1 rings (SSSR count). The standard InChI is InChI=1S/C14H15FO5/c1-2-3-12(14(18)19)20-11-6-5-10(15)8-9(11)4-7-13(16)17/h4-8,12H,2-3H2,1H3,(H,16,17)(H,18,19)/b7-4+. The number of rotatable bonds is 7. The van der Waals surface area contributed by atoms with E-state index in [9.17, 15) is 14.0 Å². The van der Waals surface area contributed by atoms with Gasteiger partial charge in [-0.15, -0.1) is 0 Å². The Hall–Kier alpha value is -2.37. The van der Waals surface area contributed by atoms with Crippen LogP contribution in [0.3, 0.4) is 0 Å². The van der Waals surface area contributed by atoms with Gasteiger partial charge in [-0.3, -0.25) is 0 Å². The van der Waals surface area contributed by atoms with Gasteiger partial charge < -0.3 is 14.9 Å². The van der Waals surface area contributed by atoms with Crippen molar-refractivity contribution in [2.24, 2.45) is 0 Å².